The van der Waals surface area contributed by atoms with Gasteiger partial charge in [0.2, 0.25) is 0 Å². The molecule has 5 nitrogen and oxygen atoms in total. The number of ether oxygens (including phenoxy) is 2. The van der Waals surface area contributed by atoms with Gasteiger partial charge in [0.1, 0.15) is 23.4 Å². The smallest absolute Gasteiger partial charge is 0.304 e. The Labute approximate surface area is 198 Å². The zero-order chi connectivity index (χ0) is 24.2. The first-order chi connectivity index (χ1) is 16.4. The minimum absolute atomic E-state index is 0.00865. The van der Waals surface area contributed by atoms with E-state index in [0.29, 0.717) is 36.5 Å². The molecule has 4 rings (SSSR count). The fraction of sp³-hybridized carbons (Fsp3) is 0.286. The van der Waals surface area contributed by atoms with E-state index in [4.69, 9.17) is 14.6 Å². The third-order valence-electron chi connectivity index (χ3n) is 6.40. The molecule has 34 heavy (non-hydrogen) atoms. The zero-order valence-corrected chi connectivity index (χ0v) is 19.0. The fourth-order valence-corrected chi connectivity index (χ4v) is 4.50. The van der Waals surface area contributed by atoms with E-state index in [-0.39, 0.29) is 17.9 Å². The molecule has 2 atom stereocenters. The van der Waals surface area contributed by atoms with Crippen LogP contribution in [0.5, 0.6) is 11.5 Å². The summed E-state index contributed by atoms with van der Waals surface area (Å²) in [5.74, 6) is -0.371. The van der Waals surface area contributed by atoms with Crippen molar-refractivity contribution in [3.8, 4) is 17.6 Å². The maximum absolute atomic E-state index is 15.0. The summed E-state index contributed by atoms with van der Waals surface area (Å²) in [5.41, 5.74) is 4.52. The van der Waals surface area contributed by atoms with Crippen LogP contribution < -0.4 is 9.47 Å². The van der Waals surface area contributed by atoms with E-state index >= 15 is 0 Å². The molecule has 1 heterocycles. The van der Waals surface area contributed by atoms with E-state index in [9.17, 15) is 14.4 Å². The van der Waals surface area contributed by atoms with E-state index < -0.39 is 17.9 Å². The predicted molar refractivity (Wildman–Crippen MR) is 127 cm³/mol. The quantitative estimate of drug-likeness (QED) is 0.572. The molecule has 174 valence electrons. The molecule has 0 saturated carbocycles. The van der Waals surface area contributed by atoms with Crippen LogP contribution in [0, 0.1) is 18.3 Å². The van der Waals surface area contributed by atoms with Gasteiger partial charge in [-0.05, 0) is 61.1 Å². The van der Waals surface area contributed by atoms with Gasteiger partial charge in [-0.25, -0.2) is 4.39 Å². The Morgan fingerprint density at radius 1 is 1.32 bits per heavy atom. The highest BCUT2D eigenvalue weighted by molar-refractivity contribution is 5.72. The van der Waals surface area contributed by atoms with Crippen molar-refractivity contribution in [3.63, 3.8) is 0 Å². The van der Waals surface area contributed by atoms with Gasteiger partial charge < -0.3 is 14.6 Å². The average molecular weight is 460 g/mol. The maximum atomic E-state index is 15.0. The predicted octanol–water partition coefficient (Wildman–Crippen LogP) is 6.24. The zero-order valence-electron chi connectivity index (χ0n) is 19.0. The number of carbonyl (C=O) groups is 1. The number of nitrogens with zero attached hydrogens (tertiary/aromatic N) is 1. The molecule has 0 saturated heterocycles. The first kappa shape index (κ1) is 23.3. The molecule has 0 radical (unpaired) electrons. The average Bonchev–Trinajstić information content (AvgIpc) is 3.23. The van der Waals surface area contributed by atoms with Crippen LogP contribution >= 0.6 is 0 Å². The summed E-state index contributed by atoms with van der Waals surface area (Å²) < 4.78 is 26.8. The largest absolute Gasteiger partial charge is 0.492 e. The molecule has 1 aliphatic carbocycles. The number of hydrogen-bond acceptors (Lipinski definition) is 4. The van der Waals surface area contributed by atoms with Crippen molar-refractivity contribution in [3.05, 3.63) is 88.8 Å². The molecule has 2 aromatic rings. The van der Waals surface area contributed by atoms with Gasteiger partial charge in [-0.1, -0.05) is 30.9 Å². The summed E-state index contributed by atoms with van der Waals surface area (Å²) >= 11 is 0. The van der Waals surface area contributed by atoms with Crippen LogP contribution in [0.25, 0.3) is 5.57 Å². The Morgan fingerprint density at radius 2 is 2.15 bits per heavy atom. The van der Waals surface area contributed by atoms with Crippen LogP contribution in [0.1, 0.15) is 53.9 Å². The molecule has 0 unspecified atom stereocenters. The molecule has 2 aliphatic rings. The van der Waals surface area contributed by atoms with Crippen molar-refractivity contribution >= 4 is 11.5 Å². The second kappa shape index (κ2) is 9.96. The highest BCUT2D eigenvalue weighted by atomic mass is 19.1. The van der Waals surface area contributed by atoms with Crippen LogP contribution in [0.2, 0.25) is 0 Å². The summed E-state index contributed by atoms with van der Waals surface area (Å²) in [6.45, 7) is 6.16. The van der Waals surface area contributed by atoms with Gasteiger partial charge in [0.25, 0.3) is 0 Å². The first-order valence-corrected chi connectivity index (χ1v) is 11.3. The van der Waals surface area contributed by atoms with Gasteiger partial charge in [0.05, 0.1) is 24.7 Å². The topological polar surface area (TPSA) is 79.5 Å². The molecular weight excluding hydrogens is 433 g/mol. The van der Waals surface area contributed by atoms with Crippen molar-refractivity contribution in [1.29, 1.82) is 5.26 Å². The van der Waals surface area contributed by atoms with Gasteiger partial charge >= 0.3 is 5.97 Å². The Morgan fingerprint density at radius 3 is 2.91 bits per heavy atom. The number of nitriles is 1. The summed E-state index contributed by atoms with van der Waals surface area (Å²) in [5, 5.41) is 18.4. The van der Waals surface area contributed by atoms with E-state index in [0.717, 1.165) is 28.7 Å². The normalized spacial score (nSPS) is 23.0. The van der Waals surface area contributed by atoms with E-state index in [1.54, 1.807) is 24.3 Å². The van der Waals surface area contributed by atoms with Crippen LogP contribution in [0.15, 0.2) is 66.5 Å². The molecule has 0 amide bonds. The van der Waals surface area contributed by atoms with Crippen molar-refractivity contribution in [2.45, 2.75) is 44.6 Å². The Bertz CT molecular complexity index is 1240. The number of halogens is 1. The van der Waals surface area contributed by atoms with E-state index in [1.807, 2.05) is 25.1 Å². The number of rotatable bonds is 5. The number of fused-ring (bicyclic) bond motifs is 1. The molecule has 2 aromatic carbocycles. The van der Waals surface area contributed by atoms with Crippen molar-refractivity contribution < 1.29 is 23.8 Å². The molecule has 0 spiro atoms. The first-order valence-electron chi connectivity index (χ1n) is 11.3. The molecule has 1 aliphatic heterocycles. The number of aliphatic carboxylic acids is 1. The van der Waals surface area contributed by atoms with Gasteiger partial charge in [-0.3, -0.25) is 4.79 Å². The van der Waals surface area contributed by atoms with Crippen molar-refractivity contribution in [1.82, 2.24) is 0 Å². The van der Waals surface area contributed by atoms with Crippen molar-refractivity contribution in [2.24, 2.45) is 0 Å². The van der Waals surface area contributed by atoms with Gasteiger partial charge in [-0.2, -0.15) is 5.26 Å². The summed E-state index contributed by atoms with van der Waals surface area (Å²) in [6.07, 6.45) is 4.65. The fourth-order valence-electron chi connectivity index (χ4n) is 4.50. The SMILES string of the molecule is C=C1/C(F)=C\C=C(\c2cccc(C#N)c2C)CCC[C@H]1Oc1ccc2c(c1)OC[C@H]2CC(=O)O. The summed E-state index contributed by atoms with van der Waals surface area (Å²) in [4.78, 5) is 11.1. The number of carboxylic acid groups (broad SMARTS) is 1. The van der Waals surface area contributed by atoms with Gasteiger partial charge in [0.15, 0.2) is 0 Å². The molecule has 0 aromatic heterocycles. The van der Waals surface area contributed by atoms with Crippen LogP contribution in [-0.4, -0.2) is 23.8 Å². The Kier molecular flexibility index (Phi) is 6.83. The van der Waals surface area contributed by atoms with E-state index in [2.05, 4.69) is 12.6 Å². The third-order valence-corrected chi connectivity index (χ3v) is 6.40. The molecule has 0 fully saturated rings. The number of benzene rings is 2. The number of allylic oxidation sites excluding steroid dienone is 3. The number of hydrogen-bond donors (Lipinski definition) is 1. The minimum atomic E-state index is -0.867. The monoisotopic (exact) mass is 459 g/mol. The van der Waals surface area contributed by atoms with Crippen LogP contribution in [-0.2, 0) is 4.79 Å². The Hall–Kier alpha value is -3.85. The summed E-state index contributed by atoms with van der Waals surface area (Å²) in [6, 6.07) is 13.1. The minimum Gasteiger partial charge on any atom is -0.492 e. The lowest BCUT2D eigenvalue weighted by molar-refractivity contribution is -0.137. The molecular formula is C28H26FNO4. The lowest BCUT2D eigenvalue weighted by Gasteiger charge is -2.21. The van der Waals surface area contributed by atoms with Crippen LogP contribution in [0.3, 0.4) is 0 Å². The lowest BCUT2D eigenvalue weighted by Crippen LogP contribution is -2.19. The highest BCUT2D eigenvalue weighted by Gasteiger charge is 2.27. The summed E-state index contributed by atoms with van der Waals surface area (Å²) in [7, 11) is 0. The van der Waals surface area contributed by atoms with E-state index in [1.165, 1.54) is 6.08 Å². The standard InChI is InChI=1S/C28H26FNO4/c1-17-20(15-30)6-3-7-23(17)19-5-4-8-26(18(2)25(29)12-9-19)34-22-10-11-24-21(13-28(31)32)16-33-27(24)14-22/h3,6-7,9-12,14,21,26H,2,4-5,8,13,16H2,1H3,(H,31,32)/b19-9+,25-12+/t21-,26-/m1/s1. The second-order valence-electron chi connectivity index (χ2n) is 8.63. The van der Waals surface area contributed by atoms with Crippen molar-refractivity contribution in [2.75, 3.05) is 6.61 Å². The Balaban J connectivity index is 1.51. The molecule has 1 N–H and O–H groups in total. The third kappa shape index (κ3) is 4.89. The molecule has 6 heteroatoms. The molecule has 0 bridgehead atoms. The maximum Gasteiger partial charge on any atom is 0.304 e. The van der Waals surface area contributed by atoms with Gasteiger partial charge in [-0.15, -0.1) is 0 Å². The second-order valence-corrected chi connectivity index (χ2v) is 8.63. The lowest BCUT2D eigenvalue weighted by atomic mass is 9.93. The highest BCUT2D eigenvalue weighted by Crippen LogP contribution is 2.39. The van der Waals surface area contributed by atoms with Gasteiger partial charge in [0, 0.05) is 23.1 Å². The van der Waals surface area contributed by atoms with Crippen LogP contribution in [0.4, 0.5) is 4.39 Å². The number of carboxylic acids is 1.